The fraction of sp³-hybridized carbons (Fsp3) is 0.429. The zero-order valence-corrected chi connectivity index (χ0v) is 12.2. The van der Waals surface area contributed by atoms with E-state index in [1.807, 2.05) is 4.90 Å². The highest BCUT2D eigenvalue weighted by Crippen LogP contribution is 2.33. The molecule has 9 heteroatoms. The molecule has 0 radical (unpaired) electrons. The molecule has 1 aliphatic heterocycles. The Hall–Kier alpha value is -2.13. The Morgan fingerprint density at radius 1 is 1.22 bits per heavy atom. The van der Waals surface area contributed by atoms with E-state index in [0.717, 1.165) is 12.1 Å². The minimum Gasteiger partial charge on any atom is -0.378 e. The Labute approximate surface area is 130 Å². The minimum atomic E-state index is -4.44. The van der Waals surface area contributed by atoms with E-state index < -0.39 is 11.7 Å². The Morgan fingerprint density at radius 3 is 2.61 bits per heavy atom. The SMILES string of the molecule is NCc1cc(-c2nc(N3CCOCC3)n[nH]2)cc(C(F)(F)F)c1. The molecule has 0 atom stereocenters. The third-order valence-corrected chi connectivity index (χ3v) is 3.60. The maximum atomic E-state index is 13.0. The van der Waals surface area contributed by atoms with Crippen molar-refractivity contribution < 1.29 is 17.9 Å². The molecule has 1 saturated heterocycles. The first kappa shape index (κ1) is 15.8. The average molecular weight is 327 g/mol. The molecule has 0 bridgehead atoms. The van der Waals surface area contributed by atoms with Gasteiger partial charge in [-0.1, -0.05) is 0 Å². The summed E-state index contributed by atoms with van der Waals surface area (Å²) in [6.45, 7) is 2.46. The second kappa shape index (κ2) is 6.17. The first-order chi connectivity index (χ1) is 11.0. The van der Waals surface area contributed by atoms with Gasteiger partial charge >= 0.3 is 6.18 Å². The van der Waals surface area contributed by atoms with Gasteiger partial charge in [0, 0.05) is 25.2 Å². The van der Waals surface area contributed by atoms with Gasteiger partial charge in [-0.3, -0.25) is 5.10 Å². The Morgan fingerprint density at radius 2 is 1.96 bits per heavy atom. The number of benzene rings is 1. The molecular formula is C14H16F3N5O. The van der Waals surface area contributed by atoms with E-state index in [0.29, 0.717) is 43.4 Å². The molecule has 1 fully saturated rings. The van der Waals surface area contributed by atoms with Crippen LogP contribution in [-0.2, 0) is 17.5 Å². The topological polar surface area (TPSA) is 80.1 Å². The van der Waals surface area contributed by atoms with Gasteiger partial charge in [0.05, 0.1) is 18.8 Å². The molecule has 124 valence electrons. The highest BCUT2D eigenvalue weighted by atomic mass is 19.4. The first-order valence-electron chi connectivity index (χ1n) is 7.14. The van der Waals surface area contributed by atoms with E-state index in [1.165, 1.54) is 0 Å². The number of nitrogens with zero attached hydrogens (tertiary/aromatic N) is 3. The van der Waals surface area contributed by atoms with Crippen LogP contribution in [-0.4, -0.2) is 41.5 Å². The van der Waals surface area contributed by atoms with Crippen LogP contribution in [0.2, 0.25) is 0 Å². The number of alkyl halides is 3. The van der Waals surface area contributed by atoms with E-state index in [9.17, 15) is 13.2 Å². The number of ether oxygens (including phenoxy) is 1. The van der Waals surface area contributed by atoms with Crippen LogP contribution in [0.5, 0.6) is 0 Å². The standard InChI is InChI=1S/C14H16F3N5O/c15-14(16,17)11-6-9(8-18)5-10(7-11)12-19-13(21-20-12)22-1-3-23-4-2-22/h5-7H,1-4,8,18H2,(H,19,20,21). The van der Waals surface area contributed by atoms with E-state index in [2.05, 4.69) is 15.2 Å². The second-order valence-electron chi connectivity index (χ2n) is 5.20. The lowest BCUT2D eigenvalue weighted by Gasteiger charge is -2.25. The zero-order chi connectivity index (χ0) is 16.4. The molecule has 2 heterocycles. The van der Waals surface area contributed by atoms with Gasteiger partial charge in [-0.25, -0.2) is 0 Å². The van der Waals surface area contributed by atoms with Gasteiger partial charge < -0.3 is 15.4 Å². The number of anilines is 1. The highest BCUT2D eigenvalue weighted by Gasteiger charge is 2.31. The summed E-state index contributed by atoms with van der Waals surface area (Å²) in [5.74, 6) is 0.738. The number of H-pyrrole nitrogens is 1. The molecule has 1 aliphatic rings. The number of morpholine rings is 1. The zero-order valence-electron chi connectivity index (χ0n) is 12.2. The molecule has 0 spiro atoms. The van der Waals surface area contributed by atoms with Crippen LogP contribution in [0.4, 0.5) is 19.1 Å². The lowest BCUT2D eigenvalue weighted by molar-refractivity contribution is -0.137. The first-order valence-corrected chi connectivity index (χ1v) is 7.14. The Kier molecular flexibility index (Phi) is 4.22. The Bertz CT molecular complexity index is 679. The number of rotatable bonds is 3. The van der Waals surface area contributed by atoms with Crippen LogP contribution in [0, 0.1) is 0 Å². The number of hydrogen-bond donors (Lipinski definition) is 2. The van der Waals surface area contributed by atoms with Crippen LogP contribution in [0.15, 0.2) is 18.2 Å². The second-order valence-corrected chi connectivity index (χ2v) is 5.20. The van der Waals surface area contributed by atoms with Gasteiger partial charge in [0.2, 0.25) is 5.95 Å². The highest BCUT2D eigenvalue weighted by molar-refractivity contribution is 5.59. The maximum absolute atomic E-state index is 13.0. The molecule has 0 unspecified atom stereocenters. The number of aromatic amines is 1. The maximum Gasteiger partial charge on any atom is 0.416 e. The molecule has 0 saturated carbocycles. The number of halogens is 3. The fourth-order valence-corrected chi connectivity index (χ4v) is 2.40. The fourth-order valence-electron chi connectivity index (χ4n) is 2.40. The third-order valence-electron chi connectivity index (χ3n) is 3.60. The molecule has 3 rings (SSSR count). The van der Waals surface area contributed by atoms with Crippen LogP contribution < -0.4 is 10.6 Å². The number of nitrogens with two attached hydrogens (primary N) is 1. The summed E-state index contributed by atoms with van der Waals surface area (Å²) in [5, 5.41) is 6.78. The summed E-state index contributed by atoms with van der Waals surface area (Å²) < 4.78 is 44.2. The van der Waals surface area contributed by atoms with Crippen LogP contribution in [0.25, 0.3) is 11.4 Å². The van der Waals surface area contributed by atoms with Crippen molar-refractivity contribution >= 4 is 5.95 Å². The lowest BCUT2D eigenvalue weighted by atomic mass is 10.0. The average Bonchev–Trinajstić information content (AvgIpc) is 3.04. The number of nitrogens with one attached hydrogen (secondary N) is 1. The van der Waals surface area contributed by atoms with Crippen molar-refractivity contribution in [2.24, 2.45) is 5.73 Å². The lowest BCUT2D eigenvalue weighted by Crippen LogP contribution is -2.36. The molecule has 6 nitrogen and oxygen atoms in total. The van der Waals surface area contributed by atoms with Gasteiger partial charge in [0.15, 0.2) is 5.82 Å². The predicted octanol–water partition coefficient (Wildman–Crippen LogP) is 1.79. The van der Waals surface area contributed by atoms with Gasteiger partial charge in [-0.15, -0.1) is 5.10 Å². The van der Waals surface area contributed by atoms with E-state index in [1.54, 1.807) is 6.07 Å². The molecule has 0 amide bonds. The van der Waals surface area contributed by atoms with Gasteiger partial charge in [-0.05, 0) is 23.8 Å². The van der Waals surface area contributed by atoms with Crippen LogP contribution in [0.3, 0.4) is 0 Å². The van der Waals surface area contributed by atoms with E-state index in [4.69, 9.17) is 10.5 Å². The molecule has 3 N–H and O–H groups in total. The Balaban J connectivity index is 1.93. The molecule has 2 aromatic rings. The normalized spacial score (nSPS) is 15.9. The minimum absolute atomic E-state index is 0.0153. The summed E-state index contributed by atoms with van der Waals surface area (Å²) in [6, 6.07) is 3.67. The number of aromatic nitrogens is 3. The molecule has 1 aromatic carbocycles. The largest absolute Gasteiger partial charge is 0.416 e. The van der Waals surface area contributed by atoms with Crippen molar-refractivity contribution in [3.8, 4) is 11.4 Å². The van der Waals surface area contributed by atoms with E-state index in [-0.39, 0.29) is 12.4 Å². The van der Waals surface area contributed by atoms with E-state index >= 15 is 0 Å². The number of hydrogen-bond acceptors (Lipinski definition) is 5. The quantitative estimate of drug-likeness (QED) is 0.898. The van der Waals surface area contributed by atoms with Crippen LogP contribution in [0.1, 0.15) is 11.1 Å². The summed E-state index contributed by atoms with van der Waals surface area (Å²) >= 11 is 0. The van der Waals surface area contributed by atoms with Gasteiger partial charge in [0.25, 0.3) is 0 Å². The van der Waals surface area contributed by atoms with Crippen LogP contribution >= 0.6 is 0 Å². The van der Waals surface area contributed by atoms with Crippen molar-refractivity contribution in [2.45, 2.75) is 12.7 Å². The van der Waals surface area contributed by atoms with Gasteiger partial charge in [0.1, 0.15) is 0 Å². The summed E-state index contributed by atoms with van der Waals surface area (Å²) in [4.78, 5) is 6.22. The van der Waals surface area contributed by atoms with Gasteiger partial charge in [-0.2, -0.15) is 18.2 Å². The van der Waals surface area contributed by atoms with Crippen molar-refractivity contribution in [3.05, 3.63) is 29.3 Å². The van der Waals surface area contributed by atoms with Crippen molar-refractivity contribution in [1.82, 2.24) is 15.2 Å². The molecular weight excluding hydrogens is 311 g/mol. The summed E-state index contributed by atoms with van der Waals surface area (Å²) in [6.07, 6.45) is -4.44. The summed E-state index contributed by atoms with van der Waals surface area (Å²) in [7, 11) is 0. The molecule has 1 aromatic heterocycles. The van der Waals surface area contributed by atoms with Crippen molar-refractivity contribution in [1.29, 1.82) is 0 Å². The predicted molar refractivity (Wildman–Crippen MR) is 77.7 cm³/mol. The molecule has 23 heavy (non-hydrogen) atoms. The smallest absolute Gasteiger partial charge is 0.378 e. The monoisotopic (exact) mass is 327 g/mol. The van der Waals surface area contributed by atoms with Crippen molar-refractivity contribution in [2.75, 3.05) is 31.2 Å². The van der Waals surface area contributed by atoms with Crippen molar-refractivity contribution in [3.63, 3.8) is 0 Å². The molecule has 0 aliphatic carbocycles. The third kappa shape index (κ3) is 3.45. The summed E-state index contributed by atoms with van der Waals surface area (Å²) in [5.41, 5.74) is 5.45.